The second kappa shape index (κ2) is 3.74. The lowest BCUT2D eigenvalue weighted by Crippen LogP contribution is -2.40. The van der Waals surface area contributed by atoms with Gasteiger partial charge >= 0.3 is 0 Å². The van der Waals surface area contributed by atoms with Crippen LogP contribution in [0, 0.1) is 0 Å². The SMILES string of the molecule is O=C1c2cccc3cccc(c23)C(=O)N1c1cn[nH]n1. The van der Waals surface area contributed by atoms with Gasteiger partial charge in [-0.15, -0.1) is 5.10 Å². The fraction of sp³-hybridized carbons (Fsp3) is 0. The monoisotopic (exact) mass is 264 g/mol. The molecule has 0 radical (unpaired) electrons. The van der Waals surface area contributed by atoms with Crippen LogP contribution in [0.3, 0.4) is 0 Å². The number of rotatable bonds is 1. The predicted molar refractivity (Wildman–Crippen MR) is 71.5 cm³/mol. The summed E-state index contributed by atoms with van der Waals surface area (Å²) in [6, 6.07) is 10.8. The van der Waals surface area contributed by atoms with E-state index in [0.29, 0.717) is 16.5 Å². The van der Waals surface area contributed by atoms with E-state index < -0.39 is 0 Å². The second-order valence-electron chi connectivity index (χ2n) is 4.48. The lowest BCUT2D eigenvalue weighted by Gasteiger charge is -2.24. The number of carbonyl (C=O) groups excluding carboxylic acids is 2. The van der Waals surface area contributed by atoms with Crippen molar-refractivity contribution in [3.05, 3.63) is 53.7 Å². The van der Waals surface area contributed by atoms with Crippen LogP contribution >= 0.6 is 0 Å². The molecule has 1 N–H and O–H groups in total. The summed E-state index contributed by atoms with van der Waals surface area (Å²) in [6.45, 7) is 0. The van der Waals surface area contributed by atoms with Crippen LogP contribution < -0.4 is 4.90 Å². The number of nitrogens with zero attached hydrogens (tertiary/aromatic N) is 3. The van der Waals surface area contributed by atoms with Gasteiger partial charge in [-0.25, -0.2) is 4.90 Å². The molecule has 96 valence electrons. The van der Waals surface area contributed by atoms with E-state index in [0.717, 1.165) is 10.3 Å². The Balaban J connectivity index is 2.05. The molecule has 0 spiro atoms. The maximum absolute atomic E-state index is 12.5. The maximum atomic E-state index is 12.5. The molecule has 2 amide bonds. The Morgan fingerprint density at radius 2 is 1.60 bits per heavy atom. The lowest BCUT2D eigenvalue weighted by atomic mass is 9.94. The summed E-state index contributed by atoms with van der Waals surface area (Å²) < 4.78 is 0. The van der Waals surface area contributed by atoms with Gasteiger partial charge in [0.15, 0.2) is 5.82 Å². The number of hydrogen-bond acceptors (Lipinski definition) is 4. The lowest BCUT2D eigenvalue weighted by molar-refractivity contribution is 0.0892. The molecule has 0 atom stereocenters. The van der Waals surface area contributed by atoms with Crippen molar-refractivity contribution in [2.45, 2.75) is 0 Å². The molecule has 0 fully saturated rings. The van der Waals surface area contributed by atoms with E-state index in [-0.39, 0.29) is 17.6 Å². The third kappa shape index (κ3) is 1.27. The van der Waals surface area contributed by atoms with Gasteiger partial charge in [-0.1, -0.05) is 24.3 Å². The minimum Gasteiger partial charge on any atom is -0.268 e. The van der Waals surface area contributed by atoms with Crippen molar-refractivity contribution in [2.24, 2.45) is 0 Å². The van der Waals surface area contributed by atoms with Crippen LogP contribution in [0.5, 0.6) is 0 Å². The van der Waals surface area contributed by atoms with Crippen LogP contribution in [-0.4, -0.2) is 27.2 Å². The van der Waals surface area contributed by atoms with Crippen LogP contribution in [-0.2, 0) is 0 Å². The fourth-order valence-corrected chi connectivity index (χ4v) is 2.54. The molecule has 6 heteroatoms. The summed E-state index contributed by atoms with van der Waals surface area (Å²) in [7, 11) is 0. The Morgan fingerprint density at radius 3 is 2.15 bits per heavy atom. The highest BCUT2D eigenvalue weighted by Gasteiger charge is 2.34. The van der Waals surface area contributed by atoms with Gasteiger partial charge in [-0.2, -0.15) is 10.3 Å². The molecule has 20 heavy (non-hydrogen) atoms. The maximum Gasteiger partial charge on any atom is 0.267 e. The molecule has 1 aliphatic heterocycles. The van der Waals surface area contributed by atoms with Gasteiger partial charge in [-0.3, -0.25) is 9.59 Å². The quantitative estimate of drug-likeness (QED) is 0.679. The number of H-pyrrole nitrogens is 1. The molecule has 2 aromatic carbocycles. The molecule has 0 bridgehead atoms. The number of benzene rings is 2. The number of anilines is 1. The zero-order valence-electron chi connectivity index (χ0n) is 10.2. The third-order valence-electron chi connectivity index (χ3n) is 3.40. The third-order valence-corrected chi connectivity index (χ3v) is 3.40. The van der Waals surface area contributed by atoms with Crippen molar-refractivity contribution in [3.63, 3.8) is 0 Å². The average molecular weight is 264 g/mol. The predicted octanol–water partition coefficient (Wildman–Crippen LogP) is 1.76. The van der Waals surface area contributed by atoms with Crippen LogP contribution in [0.15, 0.2) is 42.6 Å². The van der Waals surface area contributed by atoms with E-state index in [1.165, 1.54) is 6.20 Å². The topological polar surface area (TPSA) is 79.0 Å². The number of aromatic amines is 1. The van der Waals surface area contributed by atoms with Crippen molar-refractivity contribution in [1.82, 2.24) is 15.4 Å². The highest BCUT2D eigenvalue weighted by Crippen LogP contribution is 2.31. The molecule has 1 aliphatic rings. The first kappa shape index (κ1) is 10.9. The molecular formula is C14H8N4O2. The van der Waals surface area contributed by atoms with Gasteiger partial charge < -0.3 is 0 Å². The number of amides is 2. The zero-order valence-corrected chi connectivity index (χ0v) is 10.2. The zero-order chi connectivity index (χ0) is 13.7. The van der Waals surface area contributed by atoms with Gasteiger partial charge in [-0.05, 0) is 17.5 Å². The molecule has 4 rings (SSSR count). The van der Waals surface area contributed by atoms with Gasteiger partial charge in [0.2, 0.25) is 0 Å². The van der Waals surface area contributed by atoms with Crippen molar-refractivity contribution in [1.29, 1.82) is 0 Å². The first-order chi connectivity index (χ1) is 9.77. The van der Waals surface area contributed by atoms with Crippen LogP contribution in [0.25, 0.3) is 10.8 Å². The second-order valence-corrected chi connectivity index (χ2v) is 4.48. The average Bonchev–Trinajstić information content (AvgIpc) is 2.99. The molecule has 0 unspecified atom stereocenters. The molecule has 3 aromatic rings. The Hall–Kier alpha value is -3.02. The largest absolute Gasteiger partial charge is 0.268 e. The summed E-state index contributed by atoms with van der Waals surface area (Å²) in [6.07, 6.45) is 1.35. The first-order valence-electron chi connectivity index (χ1n) is 6.03. The van der Waals surface area contributed by atoms with Crippen molar-refractivity contribution < 1.29 is 9.59 Å². The molecule has 0 aliphatic carbocycles. The molecule has 6 nitrogen and oxygen atoms in total. The van der Waals surface area contributed by atoms with Crippen LogP contribution in [0.4, 0.5) is 5.82 Å². The standard InChI is InChI=1S/C14H8N4O2/c19-13-9-5-1-3-8-4-2-6-10(12(8)9)14(20)18(13)11-7-15-17-16-11/h1-7H,(H,15,16,17). The number of imide groups is 1. The highest BCUT2D eigenvalue weighted by molar-refractivity contribution is 6.35. The van der Waals surface area contributed by atoms with Crippen LogP contribution in [0.1, 0.15) is 20.7 Å². The Labute approximate surface area is 113 Å². The molecule has 1 aromatic heterocycles. The number of aromatic nitrogens is 3. The highest BCUT2D eigenvalue weighted by atomic mass is 16.2. The molecule has 0 saturated carbocycles. The Bertz CT molecular complexity index is 804. The first-order valence-corrected chi connectivity index (χ1v) is 6.03. The molecular weight excluding hydrogens is 256 g/mol. The number of carbonyl (C=O) groups is 2. The number of nitrogens with one attached hydrogen (secondary N) is 1. The van der Waals surface area contributed by atoms with E-state index in [1.54, 1.807) is 24.3 Å². The minimum absolute atomic E-state index is 0.200. The summed E-state index contributed by atoms with van der Waals surface area (Å²) in [5, 5.41) is 11.5. The van der Waals surface area contributed by atoms with E-state index in [1.807, 2.05) is 12.1 Å². The van der Waals surface area contributed by atoms with E-state index in [4.69, 9.17) is 0 Å². The van der Waals surface area contributed by atoms with Gasteiger partial charge in [0.25, 0.3) is 11.8 Å². The van der Waals surface area contributed by atoms with E-state index in [9.17, 15) is 9.59 Å². The summed E-state index contributed by atoms with van der Waals surface area (Å²) in [5.74, 6) is -0.562. The van der Waals surface area contributed by atoms with Crippen molar-refractivity contribution >= 4 is 28.4 Å². The molecule has 0 saturated heterocycles. The normalized spacial score (nSPS) is 14.1. The molecule has 2 heterocycles. The Kier molecular flexibility index (Phi) is 2.03. The summed E-state index contributed by atoms with van der Waals surface area (Å²) >= 11 is 0. The van der Waals surface area contributed by atoms with E-state index >= 15 is 0 Å². The van der Waals surface area contributed by atoms with Gasteiger partial charge in [0.05, 0.1) is 6.20 Å². The fourth-order valence-electron chi connectivity index (χ4n) is 2.54. The van der Waals surface area contributed by atoms with E-state index in [2.05, 4.69) is 15.4 Å². The summed E-state index contributed by atoms with van der Waals surface area (Å²) in [5.41, 5.74) is 1.00. The smallest absolute Gasteiger partial charge is 0.267 e. The minimum atomic E-state index is -0.381. The van der Waals surface area contributed by atoms with Crippen LogP contribution in [0.2, 0.25) is 0 Å². The van der Waals surface area contributed by atoms with Gasteiger partial charge in [0, 0.05) is 16.5 Å². The van der Waals surface area contributed by atoms with Gasteiger partial charge in [0.1, 0.15) is 0 Å². The van der Waals surface area contributed by atoms with Crippen molar-refractivity contribution in [2.75, 3.05) is 4.90 Å². The summed E-state index contributed by atoms with van der Waals surface area (Å²) in [4.78, 5) is 26.1. The Morgan fingerprint density at radius 1 is 0.950 bits per heavy atom. The van der Waals surface area contributed by atoms with Crippen molar-refractivity contribution in [3.8, 4) is 0 Å². The number of hydrogen-bond donors (Lipinski definition) is 1.